The van der Waals surface area contributed by atoms with Gasteiger partial charge >= 0.3 is 0 Å². The maximum Gasteiger partial charge on any atom is 0.0231 e. The molecule has 0 saturated carbocycles. The van der Waals surface area contributed by atoms with E-state index < -0.39 is 0 Å². The lowest BCUT2D eigenvalue weighted by molar-refractivity contribution is 0.0327. The Bertz CT molecular complexity index is 176. The first-order chi connectivity index (χ1) is 6.23. The van der Waals surface area contributed by atoms with E-state index in [9.17, 15) is 0 Å². The second-order valence-corrected chi connectivity index (χ2v) is 5.88. The second kappa shape index (κ2) is 4.03. The Morgan fingerprint density at radius 1 is 1.00 bits per heavy atom. The van der Waals surface area contributed by atoms with Gasteiger partial charge in [-0.25, -0.2) is 3.11 Å². The van der Waals surface area contributed by atoms with Crippen LogP contribution in [-0.2, 0) is 0 Å². The van der Waals surface area contributed by atoms with Crippen LogP contribution in [0.15, 0.2) is 0 Å². The molecule has 0 aliphatic carbocycles. The van der Waals surface area contributed by atoms with Gasteiger partial charge in [0, 0.05) is 41.5 Å². The fourth-order valence-electron chi connectivity index (χ4n) is 2.76. The molecule has 0 amide bonds. The van der Waals surface area contributed by atoms with E-state index in [0.29, 0.717) is 5.54 Å². The monoisotopic (exact) mass is 294 g/mol. The van der Waals surface area contributed by atoms with Crippen molar-refractivity contribution >= 4 is 22.9 Å². The van der Waals surface area contributed by atoms with Crippen LogP contribution in [-0.4, -0.2) is 40.2 Å². The number of halogens is 1. The van der Waals surface area contributed by atoms with Crippen LogP contribution in [0.4, 0.5) is 0 Å². The van der Waals surface area contributed by atoms with E-state index in [1.54, 1.807) is 0 Å². The summed E-state index contributed by atoms with van der Waals surface area (Å²) in [7, 11) is 2.32. The summed E-state index contributed by atoms with van der Waals surface area (Å²) in [5, 5.41) is 0. The van der Waals surface area contributed by atoms with Crippen LogP contribution >= 0.6 is 22.9 Å². The van der Waals surface area contributed by atoms with Crippen LogP contribution in [0.2, 0.25) is 0 Å². The zero-order valence-electron chi connectivity index (χ0n) is 8.43. The molecule has 3 heteroatoms. The highest BCUT2D eigenvalue weighted by atomic mass is 127. The smallest absolute Gasteiger partial charge is 0.0231 e. The molecule has 1 spiro atoms. The summed E-state index contributed by atoms with van der Waals surface area (Å²) in [5.74, 6) is 0. The molecule has 2 fully saturated rings. The highest BCUT2D eigenvalue weighted by Gasteiger charge is 2.38. The second-order valence-electron chi connectivity index (χ2n) is 4.51. The molecule has 0 aromatic heterocycles. The van der Waals surface area contributed by atoms with E-state index in [1.165, 1.54) is 51.7 Å². The lowest BCUT2D eigenvalue weighted by atomic mass is 9.79. The standard InChI is InChI=1S/C10H19IN2/c1-12-7-3-2-4-10(12)5-8-13(11)9-6-10/h2-9H2,1H3. The molecule has 13 heavy (non-hydrogen) atoms. The molecule has 76 valence electrons. The van der Waals surface area contributed by atoms with E-state index in [0.717, 1.165) is 0 Å². The number of hydrogen-bond donors (Lipinski definition) is 0. The minimum Gasteiger partial charge on any atom is -0.301 e. The Morgan fingerprint density at radius 2 is 1.69 bits per heavy atom. The molecule has 0 atom stereocenters. The SMILES string of the molecule is CN1CCCCC12CCN(I)CC2. The van der Waals surface area contributed by atoms with Gasteiger partial charge in [-0.3, -0.25) is 0 Å². The van der Waals surface area contributed by atoms with Crippen molar-refractivity contribution in [2.75, 3.05) is 26.7 Å². The first kappa shape index (κ1) is 10.2. The van der Waals surface area contributed by atoms with Gasteiger partial charge in [0.15, 0.2) is 0 Å². The number of hydrogen-bond acceptors (Lipinski definition) is 2. The predicted octanol–water partition coefficient (Wildman–Crippen LogP) is 2.29. The molecule has 0 aromatic carbocycles. The molecular formula is C10H19IN2. The molecule has 2 nitrogen and oxygen atoms in total. The molecule has 0 radical (unpaired) electrons. The van der Waals surface area contributed by atoms with Crippen LogP contribution in [0.3, 0.4) is 0 Å². The number of piperidine rings is 2. The van der Waals surface area contributed by atoms with Gasteiger partial charge in [-0.1, -0.05) is 6.42 Å². The van der Waals surface area contributed by atoms with Crippen molar-refractivity contribution in [1.82, 2.24) is 8.01 Å². The Labute approximate surface area is 95.2 Å². The van der Waals surface area contributed by atoms with Gasteiger partial charge in [0.25, 0.3) is 0 Å². The summed E-state index contributed by atoms with van der Waals surface area (Å²) in [6, 6.07) is 0. The first-order valence-electron chi connectivity index (χ1n) is 5.35. The van der Waals surface area contributed by atoms with Gasteiger partial charge in [-0.05, 0) is 39.3 Å². The van der Waals surface area contributed by atoms with E-state index in [-0.39, 0.29) is 0 Å². The summed E-state index contributed by atoms with van der Waals surface area (Å²) in [6.07, 6.45) is 7.06. The molecule has 0 bridgehead atoms. The van der Waals surface area contributed by atoms with Gasteiger partial charge in [0.2, 0.25) is 0 Å². The minimum absolute atomic E-state index is 0.583. The highest BCUT2D eigenvalue weighted by molar-refractivity contribution is 14.1. The third-order valence-electron chi connectivity index (χ3n) is 3.83. The average molecular weight is 294 g/mol. The molecule has 2 aliphatic rings. The summed E-state index contributed by atoms with van der Waals surface area (Å²) < 4.78 is 2.44. The van der Waals surface area contributed by atoms with E-state index in [1.807, 2.05) is 0 Å². The largest absolute Gasteiger partial charge is 0.301 e. The van der Waals surface area contributed by atoms with Gasteiger partial charge < -0.3 is 4.90 Å². The Balaban J connectivity index is 2.01. The molecule has 2 heterocycles. The quantitative estimate of drug-likeness (QED) is 0.499. The topological polar surface area (TPSA) is 6.48 Å². The van der Waals surface area contributed by atoms with Crippen molar-refractivity contribution in [2.24, 2.45) is 0 Å². The summed E-state index contributed by atoms with van der Waals surface area (Å²) >= 11 is 2.46. The van der Waals surface area contributed by atoms with E-state index in [2.05, 4.69) is 37.9 Å². The molecule has 0 aromatic rings. The minimum atomic E-state index is 0.583. The highest BCUT2D eigenvalue weighted by Crippen LogP contribution is 2.36. The van der Waals surface area contributed by atoms with Crippen LogP contribution in [0, 0.1) is 0 Å². The van der Waals surface area contributed by atoms with E-state index in [4.69, 9.17) is 0 Å². The van der Waals surface area contributed by atoms with Gasteiger partial charge in [-0.15, -0.1) is 0 Å². The van der Waals surface area contributed by atoms with Crippen molar-refractivity contribution in [3.05, 3.63) is 0 Å². The van der Waals surface area contributed by atoms with Crippen molar-refractivity contribution in [3.63, 3.8) is 0 Å². The van der Waals surface area contributed by atoms with Crippen molar-refractivity contribution in [2.45, 2.75) is 37.6 Å². The number of likely N-dealkylation sites (tertiary alicyclic amines) is 1. The maximum absolute atomic E-state index is 2.63. The molecular weight excluding hydrogens is 275 g/mol. The number of nitrogens with zero attached hydrogens (tertiary/aromatic N) is 2. The Kier molecular flexibility index (Phi) is 3.15. The lowest BCUT2D eigenvalue weighted by Crippen LogP contribution is -2.54. The molecule has 0 N–H and O–H groups in total. The number of rotatable bonds is 0. The summed E-state index contributed by atoms with van der Waals surface area (Å²) in [5.41, 5.74) is 0.583. The van der Waals surface area contributed by atoms with Gasteiger partial charge in [0.05, 0.1) is 0 Å². The van der Waals surface area contributed by atoms with Crippen LogP contribution in [0.25, 0.3) is 0 Å². The van der Waals surface area contributed by atoms with Gasteiger partial charge in [-0.2, -0.15) is 0 Å². The van der Waals surface area contributed by atoms with Crippen molar-refractivity contribution in [3.8, 4) is 0 Å². The fourth-order valence-corrected chi connectivity index (χ4v) is 3.24. The fraction of sp³-hybridized carbons (Fsp3) is 1.00. The van der Waals surface area contributed by atoms with Crippen LogP contribution in [0.1, 0.15) is 32.1 Å². The molecule has 0 unspecified atom stereocenters. The predicted molar refractivity (Wildman–Crippen MR) is 64.0 cm³/mol. The van der Waals surface area contributed by atoms with Gasteiger partial charge in [0.1, 0.15) is 0 Å². The summed E-state index contributed by atoms with van der Waals surface area (Å²) in [6.45, 7) is 3.89. The zero-order valence-corrected chi connectivity index (χ0v) is 10.6. The molecule has 2 aliphatic heterocycles. The van der Waals surface area contributed by atoms with Crippen LogP contribution < -0.4 is 0 Å². The lowest BCUT2D eigenvalue weighted by Gasteiger charge is -2.49. The average Bonchev–Trinajstić information content (AvgIpc) is 2.15. The Hall–Kier alpha value is 0.650. The van der Waals surface area contributed by atoms with E-state index >= 15 is 0 Å². The third kappa shape index (κ3) is 2.02. The third-order valence-corrected chi connectivity index (χ3v) is 4.80. The van der Waals surface area contributed by atoms with Crippen molar-refractivity contribution in [1.29, 1.82) is 0 Å². The summed E-state index contributed by atoms with van der Waals surface area (Å²) in [4.78, 5) is 2.63. The maximum atomic E-state index is 2.63. The molecule has 2 saturated heterocycles. The van der Waals surface area contributed by atoms with Crippen molar-refractivity contribution < 1.29 is 0 Å². The molecule has 2 rings (SSSR count). The zero-order chi connectivity index (χ0) is 9.31. The Morgan fingerprint density at radius 3 is 2.31 bits per heavy atom. The normalized spacial score (nSPS) is 30.9. The van der Waals surface area contributed by atoms with Crippen LogP contribution in [0.5, 0.6) is 0 Å². The first-order valence-corrected chi connectivity index (χ1v) is 6.31.